The number of anilines is 1. The number of nitrogens with zero attached hydrogens (tertiary/aromatic N) is 3. The first-order valence-corrected chi connectivity index (χ1v) is 7.13. The Hall–Kier alpha value is -1.58. The third-order valence-corrected chi connectivity index (χ3v) is 3.94. The quantitative estimate of drug-likeness (QED) is 0.895. The van der Waals surface area contributed by atoms with Crippen molar-refractivity contribution in [3.8, 4) is 0 Å². The maximum absolute atomic E-state index is 4.46. The van der Waals surface area contributed by atoms with Crippen molar-refractivity contribution in [2.45, 2.75) is 40.0 Å². The topological polar surface area (TPSA) is 42.2 Å². The molecule has 0 bridgehead atoms. The van der Waals surface area contributed by atoms with Crippen LogP contribution in [0.3, 0.4) is 0 Å². The second kappa shape index (κ2) is 4.51. The molecule has 1 fully saturated rings. The number of aromatic nitrogens is 3. The number of rotatable bonds is 5. The van der Waals surface area contributed by atoms with Crippen molar-refractivity contribution in [1.29, 1.82) is 0 Å². The van der Waals surface area contributed by atoms with Crippen LogP contribution < -0.4 is 5.32 Å². The summed E-state index contributed by atoms with van der Waals surface area (Å²) < 4.78 is 1.90. The van der Waals surface area contributed by atoms with Gasteiger partial charge in [0.2, 0.25) is 0 Å². The molecule has 0 unspecified atom stereocenters. The van der Waals surface area contributed by atoms with Gasteiger partial charge in [0.1, 0.15) is 5.52 Å². The van der Waals surface area contributed by atoms with Gasteiger partial charge in [-0.15, -0.1) is 0 Å². The first-order valence-electron chi connectivity index (χ1n) is 7.13. The number of fused-ring (bicyclic) bond motifs is 1. The Morgan fingerprint density at radius 3 is 2.89 bits per heavy atom. The van der Waals surface area contributed by atoms with Gasteiger partial charge in [0.05, 0.1) is 5.69 Å². The molecular formula is C15H22N4. The summed E-state index contributed by atoms with van der Waals surface area (Å²) in [6, 6.07) is 2.08. The Kier molecular flexibility index (Phi) is 2.96. The molecule has 0 radical (unpaired) electrons. The lowest BCUT2D eigenvalue weighted by Gasteiger charge is -2.18. The van der Waals surface area contributed by atoms with Crippen molar-refractivity contribution in [3.05, 3.63) is 24.2 Å². The van der Waals surface area contributed by atoms with E-state index in [2.05, 4.69) is 35.3 Å². The van der Waals surface area contributed by atoms with Gasteiger partial charge in [-0.2, -0.15) is 5.10 Å². The van der Waals surface area contributed by atoms with Crippen LogP contribution in [0, 0.1) is 18.3 Å². The van der Waals surface area contributed by atoms with Crippen molar-refractivity contribution in [1.82, 2.24) is 14.6 Å². The summed E-state index contributed by atoms with van der Waals surface area (Å²) in [4.78, 5) is 4.46. The lowest BCUT2D eigenvalue weighted by atomic mass is 9.94. The smallest absolute Gasteiger partial charge is 0.152 e. The summed E-state index contributed by atoms with van der Waals surface area (Å²) in [5, 5.41) is 7.96. The highest BCUT2D eigenvalue weighted by molar-refractivity contribution is 5.67. The zero-order valence-corrected chi connectivity index (χ0v) is 12.0. The second-order valence-electron chi connectivity index (χ2n) is 6.34. The van der Waals surface area contributed by atoms with Gasteiger partial charge in [0.25, 0.3) is 0 Å². The van der Waals surface area contributed by atoms with Crippen molar-refractivity contribution >= 4 is 11.3 Å². The minimum absolute atomic E-state index is 0.512. The van der Waals surface area contributed by atoms with Crippen LogP contribution >= 0.6 is 0 Å². The molecule has 2 heterocycles. The predicted octanol–water partition coefficient (Wildman–Crippen LogP) is 3.28. The maximum atomic E-state index is 4.46. The van der Waals surface area contributed by atoms with E-state index in [4.69, 9.17) is 0 Å². The monoisotopic (exact) mass is 258 g/mol. The van der Waals surface area contributed by atoms with E-state index in [9.17, 15) is 0 Å². The minimum atomic E-state index is 0.512. The molecule has 19 heavy (non-hydrogen) atoms. The number of aryl methyl sites for hydroxylation is 1. The van der Waals surface area contributed by atoms with Crippen LogP contribution in [0.25, 0.3) is 5.52 Å². The van der Waals surface area contributed by atoms with E-state index >= 15 is 0 Å². The Bertz CT molecular complexity index is 581. The molecule has 4 heteroatoms. The van der Waals surface area contributed by atoms with E-state index in [1.165, 1.54) is 19.3 Å². The molecule has 2 aromatic heterocycles. The van der Waals surface area contributed by atoms with Gasteiger partial charge >= 0.3 is 0 Å². The van der Waals surface area contributed by atoms with Crippen LogP contribution in [0.4, 0.5) is 5.82 Å². The lowest BCUT2D eigenvalue weighted by molar-refractivity contribution is 0.407. The molecule has 0 spiro atoms. The fraction of sp³-hybridized carbons (Fsp3) is 0.600. The van der Waals surface area contributed by atoms with Crippen LogP contribution in [0.15, 0.2) is 18.5 Å². The van der Waals surface area contributed by atoms with Crippen LogP contribution in [0.5, 0.6) is 0 Å². The van der Waals surface area contributed by atoms with Crippen molar-refractivity contribution < 1.29 is 0 Å². The van der Waals surface area contributed by atoms with Gasteiger partial charge in [-0.25, -0.2) is 9.50 Å². The molecule has 0 amide bonds. The van der Waals surface area contributed by atoms with Gasteiger partial charge in [0.15, 0.2) is 5.82 Å². The van der Waals surface area contributed by atoms with E-state index in [0.717, 1.165) is 29.5 Å². The van der Waals surface area contributed by atoms with E-state index in [1.807, 2.05) is 23.8 Å². The molecule has 0 aliphatic heterocycles. The highest BCUT2D eigenvalue weighted by Crippen LogP contribution is 2.50. The molecular weight excluding hydrogens is 236 g/mol. The van der Waals surface area contributed by atoms with Gasteiger partial charge in [0, 0.05) is 18.9 Å². The molecule has 102 valence electrons. The summed E-state index contributed by atoms with van der Waals surface area (Å²) >= 11 is 0. The Morgan fingerprint density at radius 1 is 1.42 bits per heavy atom. The summed E-state index contributed by atoms with van der Waals surface area (Å²) in [6.45, 7) is 7.65. The first kappa shape index (κ1) is 12.5. The molecule has 1 N–H and O–H groups in total. The van der Waals surface area contributed by atoms with E-state index < -0.39 is 0 Å². The summed E-state index contributed by atoms with van der Waals surface area (Å²) in [6.07, 6.45) is 7.71. The highest BCUT2D eigenvalue weighted by Gasteiger charge is 2.42. The van der Waals surface area contributed by atoms with Gasteiger partial charge < -0.3 is 5.32 Å². The zero-order valence-electron chi connectivity index (χ0n) is 12.0. The van der Waals surface area contributed by atoms with E-state index in [-0.39, 0.29) is 0 Å². The summed E-state index contributed by atoms with van der Waals surface area (Å²) in [5.74, 6) is 1.73. The fourth-order valence-electron chi connectivity index (χ4n) is 2.95. The largest absolute Gasteiger partial charge is 0.368 e. The highest BCUT2D eigenvalue weighted by atomic mass is 15.2. The first-order chi connectivity index (χ1) is 9.08. The molecule has 0 atom stereocenters. The molecule has 0 aromatic carbocycles. The summed E-state index contributed by atoms with van der Waals surface area (Å²) in [5.41, 5.74) is 2.61. The molecule has 2 aromatic rings. The maximum Gasteiger partial charge on any atom is 0.152 e. The number of hydrogen-bond donors (Lipinski definition) is 1. The number of nitrogens with one attached hydrogen (secondary N) is 1. The molecule has 4 nitrogen and oxygen atoms in total. The van der Waals surface area contributed by atoms with E-state index in [0.29, 0.717) is 5.41 Å². The zero-order chi connectivity index (χ0) is 13.5. The molecule has 1 aliphatic rings. The lowest BCUT2D eigenvalue weighted by Crippen LogP contribution is -2.18. The minimum Gasteiger partial charge on any atom is -0.368 e. The van der Waals surface area contributed by atoms with Crippen LogP contribution in [-0.2, 0) is 0 Å². The summed E-state index contributed by atoms with van der Waals surface area (Å²) in [7, 11) is 0. The average Bonchev–Trinajstić information content (AvgIpc) is 2.97. The molecule has 0 saturated heterocycles. The Balaban J connectivity index is 1.75. The standard InChI is InChI=1S/C15H22N4/c1-11(2)9-15(4-5-15)10-17-14-13-8-12(3)18-19(13)7-6-16-14/h6-8,11H,4-5,9-10H2,1-3H3,(H,16,17). The number of hydrogen-bond acceptors (Lipinski definition) is 3. The molecule has 1 aliphatic carbocycles. The average molecular weight is 258 g/mol. The van der Waals surface area contributed by atoms with Crippen LogP contribution in [-0.4, -0.2) is 21.1 Å². The van der Waals surface area contributed by atoms with Gasteiger partial charge in [-0.3, -0.25) is 0 Å². The van der Waals surface area contributed by atoms with E-state index in [1.54, 1.807) is 0 Å². The van der Waals surface area contributed by atoms with Crippen LogP contribution in [0.1, 0.15) is 38.8 Å². The van der Waals surface area contributed by atoms with Crippen LogP contribution in [0.2, 0.25) is 0 Å². The third kappa shape index (κ3) is 2.57. The SMILES string of the molecule is Cc1cc2c(NCC3(CC(C)C)CC3)nccn2n1. The third-order valence-electron chi connectivity index (χ3n) is 3.94. The normalized spacial score (nSPS) is 17.1. The van der Waals surface area contributed by atoms with Gasteiger partial charge in [-0.05, 0) is 43.6 Å². The van der Waals surface area contributed by atoms with Crippen molar-refractivity contribution in [3.63, 3.8) is 0 Å². The Labute approximate surface area is 114 Å². The van der Waals surface area contributed by atoms with Crippen molar-refractivity contribution in [2.75, 3.05) is 11.9 Å². The van der Waals surface area contributed by atoms with Gasteiger partial charge in [-0.1, -0.05) is 13.8 Å². The Morgan fingerprint density at radius 2 is 2.21 bits per heavy atom. The molecule has 1 saturated carbocycles. The predicted molar refractivity (Wildman–Crippen MR) is 77.3 cm³/mol. The molecule has 3 rings (SSSR count). The fourth-order valence-corrected chi connectivity index (χ4v) is 2.95. The van der Waals surface area contributed by atoms with Crippen molar-refractivity contribution in [2.24, 2.45) is 11.3 Å². The second-order valence-corrected chi connectivity index (χ2v) is 6.34.